The van der Waals surface area contributed by atoms with E-state index in [0.717, 1.165) is 13.1 Å². The summed E-state index contributed by atoms with van der Waals surface area (Å²) in [5.74, 6) is 0. The van der Waals surface area contributed by atoms with E-state index in [1.54, 1.807) is 0 Å². The molecule has 1 aliphatic rings. The normalized spacial score (nSPS) is 14.1. The van der Waals surface area contributed by atoms with E-state index in [2.05, 4.69) is 30.4 Å². The number of aryl methyl sites for hydroxylation is 1. The van der Waals surface area contributed by atoms with E-state index >= 15 is 0 Å². The molecule has 0 saturated carbocycles. The molecule has 0 amide bonds. The maximum atomic E-state index is 3.37. The third-order valence-corrected chi connectivity index (χ3v) is 2.25. The minimum Gasteiger partial charge on any atom is -0.312 e. The van der Waals surface area contributed by atoms with E-state index < -0.39 is 0 Å². The van der Waals surface area contributed by atoms with Crippen LogP contribution >= 0.6 is 0 Å². The van der Waals surface area contributed by atoms with Crippen LogP contribution in [0.15, 0.2) is 18.2 Å². The van der Waals surface area contributed by atoms with Crippen molar-refractivity contribution in [2.24, 2.45) is 0 Å². The molecule has 1 heteroatoms. The number of hydrogen-bond donors (Lipinski definition) is 1. The maximum Gasteiger partial charge on any atom is 0.0208 e. The predicted octanol–water partition coefficient (Wildman–Crippen LogP) is 2.67. The van der Waals surface area contributed by atoms with Crippen molar-refractivity contribution in [3.05, 3.63) is 34.9 Å². The Labute approximate surface area is 81.2 Å². The topological polar surface area (TPSA) is 12.0 Å². The van der Waals surface area contributed by atoms with E-state index in [4.69, 9.17) is 0 Å². The standard InChI is InChI=1S/C10H13N.C2H6/c1-8-2-3-9-4-5-11-7-10(9)6-8;1-2/h2-3,6,11H,4-5,7H2,1H3;1-2H3. The van der Waals surface area contributed by atoms with Crippen LogP contribution in [0.5, 0.6) is 0 Å². The molecule has 0 fully saturated rings. The summed E-state index contributed by atoms with van der Waals surface area (Å²) in [4.78, 5) is 0. The van der Waals surface area contributed by atoms with Gasteiger partial charge in [0.2, 0.25) is 0 Å². The van der Waals surface area contributed by atoms with Gasteiger partial charge in [-0.05, 0) is 31.0 Å². The second-order valence-electron chi connectivity index (χ2n) is 3.20. The molecule has 1 heterocycles. The molecule has 0 spiro atoms. The van der Waals surface area contributed by atoms with Gasteiger partial charge in [0.15, 0.2) is 0 Å². The highest BCUT2D eigenvalue weighted by Crippen LogP contribution is 2.14. The van der Waals surface area contributed by atoms with Crippen LogP contribution in [0.4, 0.5) is 0 Å². The summed E-state index contributed by atoms with van der Waals surface area (Å²) in [6, 6.07) is 6.73. The summed E-state index contributed by atoms with van der Waals surface area (Å²) in [5, 5.41) is 3.37. The highest BCUT2D eigenvalue weighted by Gasteiger charge is 2.06. The minimum atomic E-state index is 1.05. The number of benzene rings is 1. The van der Waals surface area contributed by atoms with Gasteiger partial charge in [-0.2, -0.15) is 0 Å². The molecule has 2 rings (SSSR count). The second-order valence-corrected chi connectivity index (χ2v) is 3.20. The molecule has 0 radical (unpaired) electrons. The Kier molecular flexibility index (Phi) is 3.97. The first kappa shape index (κ1) is 10.3. The zero-order valence-corrected chi connectivity index (χ0v) is 8.85. The summed E-state index contributed by atoms with van der Waals surface area (Å²) in [6.45, 7) is 8.34. The fourth-order valence-corrected chi connectivity index (χ4v) is 1.61. The molecular formula is C12H19N. The summed E-state index contributed by atoms with van der Waals surface area (Å²) >= 11 is 0. The van der Waals surface area contributed by atoms with Crippen LogP contribution < -0.4 is 5.32 Å². The third kappa shape index (κ3) is 2.56. The Bertz CT molecular complexity index is 266. The van der Waals surface area contributed by atoms with Crippen molar-refractivity contribution in [1.29, 1.82) is 0 Å². The van der Waals surface area contributed by atoms with Crippen LogP contribution in [0.1, 0.15) is 30.5 Å². The molecule has 0 bridgehead atoms. The molecular weight excluding hydrogens is 158 g/mol. The predicted molar refractivity (Wildman–Crippen MR) is 57.9 cm³/mol. The lowest BCUT2D eigenvalue weighted by molar-refractivity contribution is 0.643. The highest BCUT2D eigenvalue weighted by atomic mass is 14.9. The average Bonchev–Trinajstić information content (AvgIpc) is 2.21. The van der Waals surface area contributed by atoms with Crippen molar-refractivity contribution in [3.8, 4) is 0 Å². The molecule has 1 aliphatic heterocycles. The molecule has 1 N–H and O–H groups in total. The van der Waals surface area contributed by atoms with Crippen LogP contribution in [0.2, 0.25) is 0 Å². The van der Waals surface area contributed by atoms with Crippen LogP contribution in [-0.2, 0) is 13.0 Å². The lowest BCUT2D eigenvalue weighted by atomic mass is 9.99. The van der Waals surface area contributed by atoms with Crippen LogP contribution in [0.3, 0.4) is 0 Å². The van der Waals surface area contributed by atoms with Gasteiger partial charge in [0.1, 0.15) is 0 Å². The van der Waals surface area contributed by atoms with E-state index in [0.29, 0.717) is 0 Å². The van der Waals surface area contributed by atoms with Gasteiger partial charge in [-0.15, -0.1) is 0 Å². The lowest BCUT2D eigenvalue weighted by Gasteiger charge is -2.16. The van der Waals surface area contributed by atoms with Crippen molar-refractivity contribution < 1.29 is 0 Å². The number of rotatable bonds is 0. The van der Waals surface area contributed by atoms with Crippen LogP contribution in [0.25, 0.3) is 0 Å². The second kappa shape index (κ2) is 5.03. The van der Waals surface area contributed by atoms with Crippen molar-refractivity contribution in [3.63, 3.8) is 0 Å². The summed E-state index contributed by atoms with van der Waals surface area (Å²) < 4.78 is 0. The number of hydrogen-bond acceptors (Lipinski definition) is 1. The SMILES string of the molecule is CC.Cc1ccc2c(c1)CNCC2. The summed E-state index contributed by atoms with van der Waals surface area (Å²) in [5.41, 5.74) is 4.37. The van der Waals surface area contributed by atoms with Crippen molar-refractivity contribution >= 4 is 0 Å². The zero-order valence-electron chi connectivity index (χ0n) is 8.85. The van der Waals surface area contributed by atoms with Crippen LogP contribution in [-0.4, -0.2) is 6.54 Å². The fourth-order valence-electron chi connectivity index (χ4n) is 1.61. The van der Waals surface area contributed by atoms with E-state index in [-0.39, 0.29) is 0 Å². The molecule has 1 nitrogen and oxygen atoms in total. The van der Waals surface area contributed by atoms with Gasteiger partial charge in [-0.25, -0.2) is 0 Å². The summed E-state index contributed by atoms with van der Waals surface area (Å²) in [7, 11) is 0. The van der Waals surface area contributed by atoms with Gasteiger partial charge in [0.05, 0.1) is 0 Å². The monoisotopic (exact) mass is 177 g/mol. The Morgan fingerprint density at radius 3 is 2.69 bits per heavy atom. The van der Waals surface area contributed by atoms with Crippen molar-refractivity contribution in [1.82, 2.24) is 5.32 Å². The molecule has 13 heavy (non-hydrogen) atoms. The number of fused-ring (bicyclic) bond motifs is 1. The minimum absolute atomic E-state index is 1.05. The lowest BCUT2D eigenvalue weighted by Crippen LogP contribution is -2.23. The van der Waals surface area contributed by atoms with Gasteiger partial charge in [-0.3, -0.25) is 0 Å². The Hall–Kier alpha value is -0.820. The number of nitrogens with one attached hydrogen (secondary N) is 1. The zero-order chi connectivity index (χ0) is 9.68. The van der Waals surface area contributed by atoms with Crippen molar-refractivity contribution in [2.75, 3.05) is 6.54 Å². The molecule has 0 saturated heterocycles. The molecule has 0 atom stereocenters. The van der Waals surface area contributed by atoms with E-state index in [1.165, 1.54) is 23.1 Å². The Morgan fingerprint density at radius 1 is 1.15 bits per heavy atom. The average molecular weight is 177 g/mol. The Morgan fingerprint density at radius 2 is 1.92 bits per heavy atom. The highest BCUT2D eigenvalue weighted by molar-refractivity contribution is 5.32. The van der Waals surface area contributed by atoms with Gasteiger partial charge < -0.3 is 5.32 Å². The smallest absolute Gasteiger partial charge is 0.0208 e. The summed E-state index contributed by atoms with van der Waals surface area (Å²) in [6.07, 6.45) is 1.19. The van der Waals surface area contributed by atoms with Gasteiger partial charge in [0.25, 0.3) is 0 Å². The van der Waals surface area contributed by atoms with Gasteiger partial charge in [0, 0.05) is 6.54 Å². The molecule has 0 aliphatic carbocycles. The van der Waals surface area contributed by atoms with Gasteiger partial charge in [-0.1, -0.05) is 37.6 Å². The first-order chi connectivity index (χ1) is 6.36. The first-order valence-corrected chi connectivity index (χ1v) is 5.15. The molecule has 0 aromatic heterocycles. The quantitative estimate of drug-likeness (QED) is 0.642. The van der Waals surface area contributed by atoms with E-state index in [9.17, 15) is 0 Å². The molecule has 1 aromatic rings. The fraction of sp³-hybridized carbons (Fsp3) is 0.500. The first-order valence-electron chi connectivity index (χ1n) is 5.15. The molecule has 1 aromatic carbocycles. The maximum absolute atomic E-state index is 3.37. The molecule has 72 valence electrons. The van der Waals surface area contributed by atoms with E-state index in [1.807, 2.05) is 13.8 Å². The Balaban J connectivity index is 0.000000396. The third-order valence-electron chi connectivity index (χ3n) is 2.25. The largest absolute Gasteiger partial charge is 0.312 e. The van der Waals surface area contributed by atoms with Gasteiger partial charge >= 0.3 is 0 Å². The van der Waals surface area contributed by atoms with Crippen molar-refractivity contribution in [2.45, 2.75) is 33.7 Å². The van der Waals surface area contributed by atoms with Crippen LogP contribution in [0, 0.1) is 6.92 Å². The molecule has 0 unspecified atom stereocenters.